The zero-order valence-corrected chi connectivity index (χ0v) is 11.2. The Morgan fingerprint density at radius 3 is 2.07 bits per heavy atom. The van der Waals surface area contributed by atoms with Crippen molar-refractivity contribution >= 4 is 6.98 Å². The van der Waals surface area contributed by atoms with E-state index in [1.165, 1.54) is 12.1 Å². The van der Waals surface area contributed by atoms with Crippen LogP contribution in [0.4, 0.5) is 21.7 Å². The molecule has 0 atom stereocenters. The third-order valence-electron chi connectivity index (χ3n) is 1.74. The Hall–Kier alpha value is 0.571. The Morgan fingerprint density at radius 2 is 1.60 bits per heavy atom. The Labute approximate surface area is 127 Å². The topological polar surface area (TPSA) is 0 Å². The summed E-state index contributed by atoms with van der Waals surface area (Å²) in [5, 5.41) is 0. The number of benzene rings is 1. The molecule has 0 aliphatic carbocycles. The van der Waals surface area contributed by atoms with Crippen molar-refractivity contribution < 1.29 is 73.1 Å². The van der Waals surface area contributed by atoms with Gasteiger partial charge in [-0.1, -0.05) is 36.1 Å². The van der Waals surface area contributed by atoms with Crippen LogP contribution >= 0.6 is 0 Å². The van der Waals surface area contributed by atoms with Crippen LogP contribution in [0.15, 0.2) is 24.3 Å². The summed E-state index contributed by atoms with van der Waals surface area (Å²) in [5.41, 5.74) is -0.873. The van der Waals surface area contributed by atoms with Crippen LogP contribution in [0.25, 0.3) is 0 Å². The predicted octanol–water partition coefficient (Wildman–Crippen LogP) is 0.557. The molecule has 0 radical (unpaired) electrons. The van der Waals surface area contributed by atoms with E-state index in [0.717, 1.165) is 12.1 Å². The molecule has 0 amide bonds. The SMILES string of the molecule is FC(F)c1ccccc1C[B-](F)(F)F.[K+]. The second-order valence-electron chi connectivity index (χ2n) is 2.91. The van der Waals surface area contributed by atoms with Crippen molar-refractivity contribution in [2.75, 3.05) is 0 Å². The molecule has 0 bridgehead atoms. The number of alkyl halides is 2. The second-order valence-corrected chi connectivity index (χ2v) is 2.91. The van der Waals surface area contributed by atoms with Gasteiger partial charge < -0.3 is 12.9 Å². The first kappa shape index (κ1) is 15.6. The van der Waals surface area contributed by atoms with Gasteiger partial charge in [0.1, 0.15) is 0 Å². The fourth-order valence-corrected chi connectivity index (χ4v) is 1.18. The van der Waals surface area contributed by atoms with Gasteiger partial charge in [-0.05, 0) is 0 Å². The van der Waals surface area contributed by atoms with Crippen LogP contribution in [0.2, 0.25) is 0 Å². The minimum Gasteiger partial charge on any atom is -0.449 e. The first-order chi connectivity index (χ1) is 6.40. The molecule has 15 heavy (non-hydrogen) atoms. The summed E-state index contributed by atoms with van der Waals surface area (Å²) < 4.78 is 60.5. The van der Waals surface area contributed by atoms with E-state index in [2.05, 4.69) is 0 Å². The standard InChI is InChI=1S/C8H7BF5.K/c10-8(11)7-4-2-1-3-6(7)5-9(12,13)14;/h1-4,8H,5H2;/q-1;+1. The van der Waals surface area contributed by atoms with E-state index < -0.39 is 25.3 Å². The van der Waals surface area contributed by atoms with E-state index in [-0.39, 0.29) is 56.9 Å². The molecular formula is C8H7BF5K. The summed E-state index contributed by atoms with van der Waals surface area (Å²) >= 11 is 0. The molecule has 0 fully saturated rings. The van der Waals surface area contributed by atoms with Crippen molar-refractivity contribution in [3.8, 4) is 0 Å². The van der Waals surface area contributed by atoms with Gasteiger partial charge in [-0.15, -0.1) is 0 Å². The monoisotopic (exact) mass is 248 g/mol. The van der Waals surface area contributed by atoms with E-state index in [1.807, 2.05) is 0 Å². The first-order valence-corrected chi connectivity index (χ1v) is 3.97. The van der Waals surface area contributed by atoms with Crippen molar-refractivity contribution in [3.63, 3.8) is 0 Å². The molecule has 0 spiro atoms. The molecule has 7 heteroatoms. The van der Waals surface area contributed by atoms with Gasteiger partial charge in [0.05, 0.1) is 0 Å². The molecule has 1 rings (SSSR count). The molecular weight excluding hydrogens is 241 g/mol. The predicted molar refractivity (Wildman–Crippen MR) is 44.2 cm³/mol. The Morgan fingerprint density at radius 1 is 1.07 bits per heavy atom. The number of rotatable bonds is 3. The summed E-state index contributed by atoms with van der Waals surface area (Å²) in [4.78, 5) is 0. The van der Waals surface area contributed by atoms with Crippen LogP contribution in [0.3, 0.4) is 0 Å². The zero-order chi connectivity index (χ0) is 10.8. The summed E-state index contributed by atoms with van der Waals surface area (Å²) in [7, 11) is 0. The van der Waals surface area contributed by atoms with E-state index in [4.69, 9.17) is 0 Å². The quantitative estimate of drug-likeness (QED) is 0.541. The molecule has 0 heterocycles. The van der Waals surface area contributed by atoms with Crippen molar-refractivity contribution in [1.82, 2.24) is 0 Å². The first-order valence-electron chi connectivity index (χ1n) is 3.97. The summed E-state index contributed by atoms with van der Waals surface area (Å²) in [6.45, 7) is -5.06. The second kappa shape index (κ2) is 6.34. The molecule has 0 unspecified atom stereocenters. The number of hydrogen-bond donors (Lipinski definition) is 0. The van der Waals surface area contributed by atoms with Gasteiger partial charge in [-0.25, -0.2) is 8.78 Å². The summed E-state index contributed by atoms with van der Waals surface area (Å²) in [5.74, 6) is 0. The van der Waals surface area contributed by atoms with E-state index >= 15 is 0 Å². The minimum atomic E-state index is -5.06. The van der Waals surface area contributed by atoms with E-state index in [9.17, 15) is 21.7 Å². The molecule has 1 aromatic carbocycles. The maximum Gasteiger partial charge on any atom is 1.00 e. The largest absolute Gasteiger partial charge is 1.00 e. The fraction of sp³-hybridized carbons (Fsp3) is 0.250. The van der Waals surface area contributed by atoms with Crippen LogP contribution < -0.4 is 51.4 Å². The van der Waals surface area contributed by atoms with E-state index in [0.29, 0.717) is 0 Å². The minimum absolute atomic E-state index is 0. The van der Waals surface area contributed by atoms with Gasteiger partial charge in [-0.2, -0.15) is 0 Å². The van der Waals surface area contributed by atoms with Gasteiger partial charge in [0.25, 0.3) is 6.43 Å². The van der Waals surface area contributed by atoms with Crippen LogP contribution in [0.5, 0.6) is 0 Å². The van der Waals surface area contributed by atoms with Crippen LogP contribution in [-0.2, 0) is 6.32 Å². The number of halogens is 5. The Balaban J connectivity index is 0.00000196. The third-order valence-corrected chi connectivity index (χ3v) is 1.74. The van der Waals surface area contributed by atoms with Gasteiger partial charge in [0, 0.05) is 5.56 Å². The van der Waals surface area contributed by atoms with Crippen LogP contribution in [-0.4, -0.2) is 6.98 Å². The van der Waals surface area contributed by atoms with Crippen molar-refractivity contribution in [2.24, 2.45) is 0 Å². The van der Waals surface area contributed by atoms with Gasteiger partial charge in [0.15, 0.2) is 0 Å². The smallest absolute Gasteiger partial charge is 0.449 e. The van der Waals surface area contributed by atoms with Crippen molar-refractivity contribution in [2.45, 2.75) is 12.7 Å². The molecule has 0 N–H and O–H groups in total. The average Bonchev–Trinajstić information content (AvgIpc) is 2.01. The van der Waals surface area contributed by atoms with E-state index in [1.54, 1.807) is 0 Å². The van der Waals surface area contributed by atoms with Gasteiger partial charge in [0.2, 0.25) is 0 Å². The number of hydrogen-bond acceptors (Lipinski definition) is 0. The summed E-state index contributed by atoms with van der Waals surface area (Å²) in [6.07, 6.45) is -4.11. The molecule has 0 saturated carbocycles. The molecule has 0 aliphatic rings. The van der Waals surface area contributed by atoms with Gasteiger partial charge >= 0.3 is 58.4 Å². The average molecular weight is 248 g/mol. The Kier molecular flexibility index (Phi) is 6.58. The normalized spacial score (nSPS) is 11.3. The molecule has 0 saturated heterocycles. The Bertz CT molecular complexity index is 312. The molecule has 0 nitrogen and oxygen atoms in total. The molecule has 0 aromatic heterocycles. The molecule has 78 valence electrons. The van der Waals surface area contributed by atoms with Crippen LogP contribution in [0, 0.1) is 0 Å². The maximum absolute atomic E-state index is 12.2. The molecule has 1 aromatic rings. The molecule has 0 aliphatic heterocycles. The van der Waals surface area contributed by atoms with Crippen LogP contribution in [0.1, 0.15) is 17.6 Å². The third kappa shape index (κ3) is 5.44. The van der Waals surface area contributed by atoms with Crippen molar-refractivity contribution in [1.29, 1.82) is 0 Å². The zero-order valence-electron chi connectivity index (χ0n) is 8.06. The summed E-state index contributed by atoms with van der Waals surface area (Å²) in [6, 6.07) is 4.72. The maximum atomic E-state index is 12.2. The van der Waals surface area contributed by atoms with Crippen molar-refractivity contribution in [3.05, 3.63) is 35.4 Å². The van der Waals surface area contributed by atoms with Gasteiger partial charge in [-0.3, -0.25) is 0 Å². The fourth-order valence-electron chi connectivity index (χ4n) is 1.18.